The van der Waals surface area contributed by atoms with E-state index < -0.39 is 5.97 Å². The average Bonchev–Trinajstić information content (AvgIpc) is 2.91. The summed E-state index contributed by atoms with van der Waals surface area (Å²) in [6.07, 6.45) is 1.30. The third-order valence-corrected chi connectivity index (χ3v) is 3.36. The maximum absolute atomic E-state index is 11.5. The lowest BCUT2D eigenvalue weighted by atomic mass is 10.2. The second-order valence-electron chi connectivity index (χ2n) is 4.34. The number of carbonyl (C=O) groups is 1. The van der Waals surface area contributed by atoms with Gasteiger partial charge in [-0.05, 0) is 37.7 Å². The lowest BCUT2D eigenvalue weighted by molar-refractivity contribution is -0.137. The lowest BCUT2D eigenvalue weighted by Crippen LogP contribution is -2.07. The van der Waals surface area contributed by atoms with Gasteiger partial charge in [0, 0.05) is 17.8 Å². The third-order valence-electron chi connectivity index (χ3n) is 2.55. The van der Waals surface area contributed by atoms with Gasteiger partial charge in [0.25, 0.3) is 5.56 Å². The molecule has 0 radical (unpaired) electrons. The van der Waals surface area contributed by atoms with E-state index in [4.69, 9.17) is 14.4 Å². The minimum atomic E-state index is -0.703. The molecule has 0 aliphatic carbocycles. The van der Waals surface area contributed by atoms with Gasteiger partial charge in [0.05, 0.1) is 6.61 Å². The SMILES string of the molecule is CCOC(=O)/C(C#N)=C/c1ccc(Sc2nc(C)cc(=O)[nH]2)o1. The van der Waals surface area contributed by atoms with Crippen LogP contribution in [0.25, 0.3) is 6.08 Å². The first kappa shape index (κ1) is 16.6. The highest BCUT2D eigenvalue weighted by Crippen LogP contribution is 2.27. The summed E-state index contributed by atoms with van der Waals surface area (Å²) < 4.78 is 10.3. The number of esters is 1. The maximum atomic E-state index is 11.5. The molecule has 23 heavy (non-hydrogen) atoms. The van der Waals surface area contributed by atoms with E-state index in [0.717, 1.165) is 11.8 Å². The molecule has 8 heteroatoms. The van der Waals surface area contributed by atoms with Crippen molar-refractivity contribution >= 4 is 23.8 Å². The molecule has 2 aromatic heterocycles. The number of H-pyrrole nitrogens is 1. The summed E-state index contributed by atoms with van der Waals surface area (Å²) in [5, 5.41) is 9.83. The van der Waals surface area contributed by atoms with Gasteiger partial charge in [-0.1, -0.05) is 0 Å². The van der Waals surface area contributed by atoms with Crippen LogP contribution >= 0.6 is 11.8 Å². The van der Waals surface area contributed by atoms with Gasteiger partial charge < -0.3 is 14.1 Å². The summed E-state index contributed by atoms with van der Waals surface area (Å²) in [5.41, 5.74) is 0.192. The van der Waals surface area contributed by atoms with Crippen LogP contribution in [0.2, 0.25) is 0 Å². The Hall–Kier alpha value is -2.79. The molecular weight excluding hydrogens is 318 g/mol. The number of hydrogen-bond donors (Lipinski definition) is 1. The highest BCUT2D eigenvalue weighted by Gasteiger charge is 2.12. The zero-order chi connectivity index (χ0) is 16.8. The smallest absolute Gasteiger partial charge is 0.349 e. The van der Waals surface area contributed by atoms with Gasteiger partial charge in [-0.25, -0.2) is 9.78 Å². The van der Waals surface area contributed by atoms with Crippen LogP contribution in [0.15, 0.2) is 43.2 Å². The summed E-state index contributed by atoms with van der Waals surface area (Å²) in [6, 6.07) is 6.41. The highest BCUT2D eigenvalue weighted by atomic mass is 32.2. The number of nitrogens with one attached hydrogen (secondary N) is 1. The second kappa shape index (κ2) is 7.47. The zero-order valence-electron chi connectivity index (χ0n) is 12.5. The normalized spacial score (nSPS) is 11.1. The van der Waals surface area contributed by atoms with Crippen molar-refractivity contribution in [1.29, 1.82) is 5.26 Å². The van der Waals surface area contributed by atoms with Crippen LogP contribution in [0.5, 0.6) is 0 Å². The Morgan fingerprint density at radius 3 is 3.00 bits per heavy atom. The average molecular weight is 331 g/mol. The Morgan fingerprint density at radius 1 is 1.57 bits per heavy atom. The molecule has 0 saturated carbocycles. The van der Waals surface area contributed by atoms with Crippen molar-refractivity contribution in [3.8, 4) is 6.07 Å². The van der Waals surface area contributed by atoms with Crippen molar-refractivity contribution in [2.75, 3.05) is 6.61 Å². The Labute approximate surface area is 136 Å². The fourth-order valence-electron chi connectivity index (χ4n) is 1.65. The van der Waals surface area contributed by atoms with Crippen molar-refractivity contribution < 1.29 is 13.9 Å². The highest BCUT2D eigenvalue weighted by molar-refractivity contribution is 7.99. The van der Waals surface area contributed by atoms with Gasteiger partial charge in [0.15, 0.2) is 10.2 Å². The Balaban J connectivity index is 2.18. The molecule has 0 atom stereocenters. The van der Waals surface area contributed by atoms with E-state index in [1.807, 2.05) is 0 Å². The van der Waals surface area contributed by atoms with Gasteiger partial charge in [0.2, 0.25) is 0 Å². The predicted octanol–water partition coefficient (Wildman–Crippen LogP) is 2.29. The van der Waals surface area contributed by atoms with Crippen LogP contribution in [-0.4, -0.2) is 22.5 Å². The molecule has 2 heterocycles. The molecule has 0 spiro atoms. The first-order valence-corrected chi connectivity index (χ1v) is 7.48. The minimum Gasteiger partial charge on any atom is -0.462 e. The topological polar surface area (TPSA) is 109 Å². The molecule has 7 nitrogen and oxygen atoms in total. The van der Waals surface area contributed by atoms with Crippen molar-refractivity contribution in [3.05, 3.63) is 45.6 Å². The second-order valence-corrected chi connectivity index (χ2v) is 5.33. The number of aromatic nitrogens is 2. The molecule has 0 aromatic carbocycles. The van der Waals surface area contributed by atoms with Crippen LogP contribution in [0, 0.1) is 18.3 Å². The van der Waals surface area contributed by atoms with Crippen LogP contribution in [0.3, 0.4) is 0 Å². The van der Waals surface area contributed by atoms with E-state index in [9.17, 15) is 9.59 Å². The Bertz CT molecular complexity index is 845. The predicted molar refractivity (Wildman–Crippen MR) is 82.6 cm³/mol. The van der Waals surface area contributed by atoms with E-state index in [2.05, 4.69) is 9.97 Å². The molecule has 0 amide bonds. The molecule has 0 aliphatic heterocycles. The molecule has 0 saturated heterocycles. The summed E-state index contributed by atoms with van der Waals surface area (Å²) in [4.78, 5) is 29.7. The molecule has 2 aromatic rings. The van der Waals surface area contributed by atoms with E-state index in [1.54, 1.807) is 32.0 Å². The minimum absolute atomic E-state index is 0.153. The third kappa shape index (κ3) is 4.59. The van der Waals surface area contributed by atoms with E-state index in [0.29, 0.717) is 21.7 Å². The van der Waals surface area contributed by atoms with E-state index in [-0.39, 0.29) is 17.7 Å². The zero-order valence-corrected chi connectivity index (χ0v) is 13.3. The van der Waals surface area contributed by atoms with Crippen LogP contribution in [0.4, 0.5) is 0 Å². The first-order chi connectivity index (χ1) is 11.0. The maximum Gasteiger partial charge on any atom is 0.349 e. The Kier molecular flexibility index (Phi) is 5.38. The number of aryl methyl sites for hydroxylation is 1. The fourth-order valence-corrected chi connectivity index (χ4v) is 2.46. The monoisotopic (exact) mass is 331 g/mol. The first-order valence-electron chi connectivity index (χ1n) is 6.66. The van der Waals surface area contributed by atoms with Gasteiger partial charge in [-0.3, -0.25) is 4.79 Å². The summed E-state index contributed by atoms with van der Waals surface area (Å²) in [6.45, 7) is 3.56. The van der Waals surface area contributed by atoms with Crippen LogP contribution in [-0.2, 0) is 9.53 Å². The Morgan fingerprint density at radius 2 is 2.35 bits per heavy atom. The van der Waals surface area contributed by atoms with E-state index >= 15 is 0 Å². The standard InChI is InChI=1S/C15H13N3O4S/c1-3-21-14(20)10(8-16)7-11-4-5-13(22-11)23-15-17-9(2)6-12(19)18-15/h4-7H,3H2,1-2H3,(H,17,18,19)/b10-7+. The molecule has 0 aliphatic rings. The lowest BCUT2D eigenvalue weighted by Gasteiger charge is -1.99. The number of ether oxygens (including phenoxy) is 1. The van der Waals surface area contributed by atoms with Crippen molar-refractivity contribution in [2.45, 2.75) is 24.1 Å². The number of furan rings is 1. The molecule has 1 N–H and O–H groups in total. The molecule has 2 rings (SSSR count). The summed E-state index contributed by atoms with van der Waals surface area (Å²) >= 11 is 1.13. The molecule has 118 valence electrons. The van der Waals surface area contributed by atoms with Crippen molar-refractivity contribution in [1.82, 2.24) is 9.97 Å². The van der Waals surface area contributed by atoms with Crippen LogP contribution < -0.4 is 5.56 Å². The summed E-state index contributed by atoms with van der Waals surface area (Å²) in [7, 11) is 0. The molecule has 0 unspecified atom stereocenters. The van der Waals surface area contributed by atoms with Crippen molar-refractivity contribution in [2.24, 2.45) is 0 Å². The number of nitrogens with zero attached hydrogens (tertiary/aromatic N) is 2. The largest absolute Gasteiger partial charge is 0.462 e. The van der Waals surface area contributed by atoms with Gasteiger partial charge in [-0.15, -0.1) is 0 Å². The quantitative estimate of drug-likeness (QED) is 0.387. The van der Waals surface area contributed by atoms with Crippen molar-refractivity contribution in [3.63, 3.8) is 0 Å². The van der Waals surface area contributed by atoms with Gasteiger partial charge in [0.1, 0.15) is 17.4 Å². The molecular formula is C15H13N3O4S. The van der Waals surface area contributed by atoms with Gasteiger partial charge >= 0.3 is 5.97 Å². The van der Waals surface area contributed by atoms with Crippen LogP contribution in [0.1, 0.15) is 18.4 Å². The van der Waals surface area contributed by atoms with E-state index in [1.165, 1.54) is 12.1 Å². The number of aromatic amines is 1. The number of rotatable bonds is 5. The summed E-state index contributed by atoms with van der Waals surface area (Å²) in [5.74, 6) is -0.377. The number of carbonyl (C=O) groups excluding carboxylic acids is 1. The van der Waals surface area contributed by atoms with Gasteiger partial charge in [-0.2, -0.15) is 5.26 Å². The number of hydrogen-bond acceptors (Lipinski definition) is 7. The fraction of sp³-hybridized carbons (Fsp3) is 0.200. The molecule has 0 fully saturated rings. The molecule has 0 bridgehead atoms. The number of nitriles is 1.